The highest BCUT2D eigenvalue weighted by molar-refractivity contribution is 7.99. The molecule has 3 aromatic carbocycles. The molecule has 166 valence electrons. The van der Waals surface area contributed by atoms with Gasteiger partial charge >= 0.3 is 0 Å². The Balaban J connectivity index is 1.50. The van der Waals surface area contributed by atoms with Crippen molar-refractivity contribution in [3.63, 3.8) is 0 Å². The van der Waals surface area contributed by atoms with Gasteiger partial charge in [-0.05, 0) is 55.5 Å². The second-order valence-corrected chi connectivity index (χ2v) is 8.52. The molecule has 1 aromatic heterocycles. The third-order valence-electron chi connectivity index (χ3n) is 4.71. The number of halogens is 1. The van der Waals surface area contributed by atoms with Gasteiger partial charge in [0.2, 0.25) is 5.91 Å². The molecule has 0 atom stereocenters. The summed E-state index contributed by atoms with van der Waals surface area (Å²) in [7, 11) is 0. The fourth-order valence-electron chi connectivity index (χ4n) is 3.03. The Kier molecular flexibility index (Phi) is 7.07. The van der Waals surface area contributed by atoms with Crippen LogP contribution in [0.5, 0.6) is 0 Å². The van der Waals surface area contributed by atoms with E-state index in [1.165, 1.54) is 11.8 Å². The lowest BCUT2D eigenvalue weighted by atomic mass is 10.2. The zero-order valence-electron chi connectivity index (χ0n) is 17.7. The first-order chi connectivity index (χ1) is 16.0. The van der Waals surface area contributed by atoms with Crippen molar-refractivity contribution in [1.82, 2.24) is 25.6 Å². The normalized spacial score (nSPS) is 10.6. The first-order valence-electron chi connectivity index (χ1n) is 10.1. The van der Waals surface area contributed by atoms with Gasteiger partial charge in [0, 0.05) is 21.8 Å². The van der Waals surface area contributed by atoms with E-state index in [0.717, 1.165) is 16.8 Å². The minimum absolute atomic E-state index is 0.0414. The van der Waals surface area contributed by atoms with Crippen molar-refractivity contribution in [2.45, 2.75) is 12.1 Å². The molecule has 0 unspecified atom stereocenters. The van der Waals surface area contributed by atoms with Crippen LogP contribution in [0.1, 0.15) is 15.9 Å². The summed E-state index contributed by atoms with van der Waals surface area (Å²) in [5.41, 5.74) is 8.15. The molecule has 4 aromatic rings. The monoisotopic (exact) mass is 477 g/mol. The van der Waals surface area contributed by atoms with Crippen molar-refractivity contribution < 1.29 is 9.59 Å². The summed E-state index contributed by atoms with van der Waals surface area (Å²) < 4.78 is 1.89. The smallest absolute Gasteiger partial charge is 0.269 e. The van der Waals surface area contributed by atoms with E-state index in [2.05, 4.69) is 21.0 Å². The van der Waals surface area contributed by atoms with Crippen LogP contribution >= 0.6 is 23.4 Å². The van der Waals surface area contributed by atoms with Crippen LogP contribution in [0, 0.1) is 6.92 Å². The van der Waals surface area contributed by atoms with Gasteiger partial charge in [0.1, 0.15) is 0 Å². The topological polar surface area (TPSA) is 88.9 Å². The Morgan fingerprint density at radius 3 is 2.30 bits per heavy atom. The maximum Gasteiger partial charge on any atom is 0.269 e. The molecule has 0 radical (unpaired) electrons. The van der Waals surface area contributed by atoms with Crippen LogP contribution < -0.4 is 10.9 Å². The number of aryl methyl sites for hydroxylation is 1. The van der Waals surface area contributed by atoms with E-state index in [0.29, 0.717) is 21.6 Å². The molecule has 0 aliphatic carbocycles. The fourth-order valence-corrected chi connectivity index (χ4v) is 3.91. The van der Waals surface area contributed by atoms with Crippen LogP contribution in [0.15, 0.2) is 84.0 Å². The number of hydrogen-bond acceptors (Lipinski definition) is 5. The van der Waals surface area contributed by atoms with E-state index >= 15 is 0 Å². The summed E-state index contributed by atoms with van der Waals surface area (Å²) in [5, 5.41) is 9.84. The van der Waals surface area contributed by atoms with Crippen LogP contribution in [0.25, 0.3) is 17.1 Å². The Hall–Kier alpha value is -3.62. The summed E-state index contributed by atoms with van der Waals surface area (Å²) in [6, 6.07) is 23.9. The van der Waals surface area contributed by atoms with Crippen molar-refractivity contribution >= 4 is 35.2 Å². The van der Waals surface area contributed by atoms with Gasteiger partial charge < -0.3 is 0 Å². The van der Waals surface area contributed by atoms with E-state index in [1.54, 1.807) is 36.4 Å². The second kappa shape index (κ2) is 10.3. The Morgan fingerprint density at radius 2 is 1.61 bits per heavy atom. The fraction of sp³-hybridized carbons (Fsp3) is 0.0833. The average molecular weight is 478 g/mol. The standard InChI is InChI=1S/C24H20ClN5O2S/c1-16-7-13-20(14-8-16)30-22(17-9-11-19(25)12-10-17)27-29-24(30)33-15-21(31)26-28-23(32)18-5-3-2-4-6-18/h2-14H,15H2,1H3,(H,26,31)(H,28,32). The van der Waals surface area contributed by atoms with Gasteiger partial charge in [0.25, 0.3) is 5.91 Å². The first-order valence-corrected chi connectivity index (χ1v) is 11.4. The lowest BCUT2D eigenvalue weighted by Crippen LogP contribution is -2.42. The van der Waals surface area contributed by atoms with Gasteiger partial charge in [0.05, 0.1) is 5.75 Å². The molecule has 2 amide bonds. The predicted octanol–water partition coefficient (Wildman–Crippen LogP) is 4.45. The molecule has 33 heavy (non-hydrogen) atoms. The van der Waals surface area contributed by atoms with E-state index in [1.807, 2.05) is 54.0 Å². The lowest BCUT2D eigenvalue weighted by Gasteiger charge is -2.11. The summed E-state index contributed by atoms with van der Waals surface area (Å²) >= 11 is 7.25. The van der Waals surface area contributed by atoms with Crippen LogP contribution in [-0.4, -0.2) is 32.3 Å². The summed E-state index contributed by atoms with van der Waals surface area (Å²) in [5.74, 6) is -0.0759. The molecule has 0 saturated heterocycles. The number of nitrogens with one attached hydrogen (secondary N) is 2. The molecule has 9 heteroatoms. The number of amides is 2. The Labute approximate surface area is 200 Å². The van der Waals surface area contributed by atoms with E-state index in [-0.39, 0.29) is 17.6 Å². The summed E-state index contributed by atoms with van der Waals surface area (Å²) in [6.07, 6.45) is 0. The van der Waals surface area contributed by atoms with Gasteiger partial charge in [-0.15, -0.1) is 10.2 Å². The number of rotatable bonds is 6. The van der Waals surface area contributed by atoms with Crippen LogP contribution in [0.2, 0.25) is 5.02 Å². The SMILES string of the molecule is Cc1ccc(-n2c(SCC(=O)NNC(=O)c3ccccc3)nnc2-c2ccc(Cl)cc2)cc1. The first kappa shape index (κ1) is 22.6. The molecule has 0 saturated carbocycles. The highest BCUT2D eigenvalue weighted by Gasteiger charge is 2.17. The number of aromatic nitrogens is 3. The lowest BCUT2D eigenvalue weighted by molar-refractivity contribution is -0.119. The summed E-state index contributed by atoms with van der Waals surface area (Å²) in [4.78, 5) is 24.4. The quantitative estimate of drug-likeness (QED) is 0.316. The van der Waals surface area contributed by atoms with Gasteiger partial charge in [-0.25, -0.2) is 0 Å². The molecule has 0 spiro atoms. The van der Waals surface area contributed by atoms with Gasteiger partial charge in [0.15, 0.2) is 11.0 Å². The van der Waals surface area contributed by atoms with Crippen molar-refractivity contribution in [1.29, 1.82) is 0 Å². The Bertz CT molecular complexity index is 1260. The number of hydrazine groups is 1. The number of thioether (sulfide) groups is 1. The number of benzene rings is 3. The zero-order chi connectivity index (χ0) is 23.2. The maximum atomic E-state index is 12.3. The largest absolute Gasteiger partial charge is 0.272 e. The van der Waals surface area contributed by atoms with Crippen molar-refractivity contribution in [2.75, 3.05) is 5.75 Å². The maximum absolute atomic E-state index is 12.3. The van der Waals surface area contributed by atoms with E-state index in [9.17, 15) is 9.59 Å². The molecule has 0 aliphatic rings. The molecule has 0 fully saturated rings. The van der Waals surface area contributed by atoms with Crippen molar-refractivity contribution in [3.05, 3.63) is 95.0 Å². The molecule has 4 rings (SSSR count). The molecule has 2 N–H and O–H groups in total. The third kappa shape index (κ3) is 5.60. The minimum Gasteiger partial charge on any atom is -0.272 e. The molecule has 1 heterocycles. The predicted molar refractivity (Wildman–Crippen MR) is 129 cm³/mol. The zero-order valence-corrected chi connectivity index (χ0v) is 19.2. The highest BCUT2D eigenvalue weighted by atomic mass is 35.5. The number of carbonyl (C=O) groups is 2. The molecule has 7 nitrogen and oxygen atoms in total. The second-order valence-electron chi connectivity index (χ2n) is 7.14. The number of hydrogen-bond donors (Lipinski definition) is 2. The molecule has 0 aliphatic heterocycles. The van der Waals surface area contributed by atoms with Crippen molar-refractivity contribution in [3.8, 4) is 17.1 Å². The van der Waals surface area contributed by atoms with Crippen LogP contribution in [0.4, 0.5) is 0 Å². The number of carbonyl (C=O) groups excluding carboxylic acids is 2. The van der Waals surface area contributed by atoms with Gasteiger partial charge in [-0.3, -0.25) is 25.0 Å². The summed E-state index contributed by atoms with van der Waals surface area (Å²) in [6.45, 7) is 2.01. The highest BCUT2D eigenvalue weighted by Crippen LogP contribution is 2.28. The average Bonchev–Trinajstić information content (AvgIpc) is 3.26. The van der Waals surface area contributed by atoms with E-state index < -0.39 is 0 Å². The third-order valence-corrected chi connectivity index (χ3v) is 5.89. The van der Waals surface area contributed by atoms with Crippen LogP contribution in [0.3, 0.4) is 0 Å². The molecule has 0 bridgehead atoms. The molecular formula is C24H20ClN5O2S. The van der Waals surface area contributed by atoms with E-state index in [4.69, 9.17) is 11.6 Å². The van der Waals surface area contributed by atoms with Gasteiger partial charge in [-0.2, -0.15) is 0 Å². The minimum atomic E-state index is -0.387. The number of nitrogens with zero attached hydrogens (tertiary/aromatic N) is 3. The van der Waals surface area contributed by atoms with Crippen LogP contribution in [-0.2, 0) is 4.79 Å². The Morgan fingerprint density at radius 1 is 0.909 bits per heavy atom. The molecular weight excluding hydrogens is 458 g/mol. The van der Waals surface area contributed by atoms with Gasteiger partial charge in [-0.1, -0.05) is 59.3 Å². The van der Waals surface area contributed by atoms with Crippen molar-refractivity contribution in [2.24, 2.45) is 0 Å².